The van der Waals surface area contributed by atoms with Crippen LogP contribution in [-0.4, -0.2) is 10.8 Å². The summed E-state index contributed by atoms with van der Waals surface area (Å²) < 4.78 is 12.9. The number of allylic oxidation sites excluding steroid dienone is 1. The zero-order valence-electron chi connectivity index (χ0n) is 7.22. The third kappa shape index (κ3) is 2.79. The van der Waals surface area contributed by atoms with Crippen LogP contribution in [0.2, 0.25) is 10.3 Å². The van der Waals surface area contributed by atoms with Gasteiger partial charge >= 0.3 is 0 Å². The molecular formula is C9H6Cl2FNO. The monoisotopic (exact) mass is 233 g/mol. The second-order valence-corrected chi connectivity index (χ2v) is 3.30. The molecule has 0 atom stereocenters. The van der Waals surface area contributed by atoms with Crippen LogP contribution in [0.25, 0.3) is 6.08 Å². The number of hydrogen-bond donors (Lipinski definition) is 0. The molecule has 0 fully saturated rings. The summed E-state index contributed by atoms with van der Waals surface area (Å²) in [6.45, 7) is 1.38. The van der Waals surface area contributed by atoms with Gasteiger partial charge in [-0.15, -0.1) is 0 Å². The average molecular weight is 234 g/mol. The summed E-state index contributed by atoms with van der Waals surface area (Å²) in [5.74, 6) is -0.823. The van der Waals surface area contributed by atoms with Gasteiger partial charge in [-0.25, -0.2) is 9.37 Å². The first-order valence-corrected chi connectivity index (χ1v) is 4.46. The SMILES string of the molecule is CC(=O)/C=C/c1cc(F)c(Cl)nc1Cl. The number of hydrogen-bond acceptors (Lipinski definition) is 2. The lowest BCUT2D eigenvalue weighted by Gasteiger charge is -1.98. The van der Waals surface area contributed by atoms with Crippen LogP contribution in [-0.2, 0) is 4.79 Å². The van der Waals surface area contributed by atoms with Gasteiger partial charge in [0.2, 0.25) is 0 Å². The summed E-state index contributed by atoms with van der Waals surface area (Å²) >= 11 is 11.0. The lowest BCUT2D eigenvalue weighted by Crippen LogP contribution is -1.88. The van der Waals surface area contributed by atoms with E-state index in [1.165, 1.54) is 19.1 Å². The second kappa shape index (κ2) is 4.53. The van der Waals surface area contributed by atoms with E-state index in [9.17, 15) is 9.18 Å². The van der Waals surface area contributed by atoms with Crippen LogP contribution in [0.15, 0.2) is 12.1 Å². The van der Waals surface area contributed by atoms with Gasteiger partial charge in [0.15, 0.2) is 16.8 Å². The highest BCUT2D eigenvalue weighted by Gasteiger charge is 2.06. The Bertz CT molecular complexity index is 404. The van der Waals surface area contributed by atoms with E-state index < -0.39 is 5.82 Å². The normalized spacial score (nSPS) is 10.9. The van der Waals surface area contributed by atoms with Crippen molar-refractivity contribution in [1.82, 2.24) is 4.98 Å². The Morgan fingerprint density at radius 1 is 1.50 bits per heavy atom. The Morgan fingerprint density at radius 2 is 2.14 bits per heavy atom. The van der Waals surface area contributed by atoms with Crippen molar-refractivity contribution in [2.75, 3.05) is 0 Å². The van der Waals surface area contributed by atoms with Gasteiger partial charge in [-0.3, -0.25) is 4.79 Å². The zero-order chi connectivity index (χ0) is 10.7. The molecule has 0 spiro atoms. The summed E-state index contributed by atoms with van der Waals surface area (Å²) in [5, 5.41) is -0.219. The molecule has 14 heavy (non-hydrogen) atoms. The van der Waals surface area contributed by atoms with Gasteiger partial charge in [-0.1, -0.05) is 23.2 Å². The molecule has 1 aromatic heterocycles. The number of pyridine rings is 1. The molecule has 0 aliphatic heterocycles. The minimum absolute atomic E-state index is 0.0638. The highest BCUT2D eigenvalue weighted by atomic mass is 35.5. The van der Waals surface area contributed by atoms with Crippen molar-refractivity contribution in [2.45, 2.75) is 6.92 Å². The molecule has 74 valence electrons. The molecular weight excluding hydrogens is 228 g/mol. The molecule has 0 N–H and O–H groups in total. The predicted molar refractivity (Wildman–Crippen MR) is 53.9 cm³/mol. The van der Waals surface area contributed by atoms with Gasteiger partial charge in [-0.05, 0) is 25.1 Å². The van der Waals surface area contributed by atoms with Crippen molar-refractivity contribution in [1.29, 1.82) is 0 Å². The highest BCUT2D eigenvalue weighted by molar-refractivity contribution is 6.33. The molecule has 0 amide bonds. The first-order valence-electron chi connectivity index (χ1n) is 3.71. The minimum Gasteiger partial charge on any atom is -0.295 e. The maximum Gasteiger partial charge on any atom is 0.166 e. The lowest BCUT2D eigenvalue weighted by atomic mass is 10.2. The van der Waals surface area contributed by atoms with E-state index in [2.05, 4.69) is 4.98 Å². The van der Waals surface area contributed by atoms with Crippen LogP contribution in [0.3, 0.4) is 0 Å². The van der Waals surface area contributed by atoms with Crippen molar-refractivity contribution in [3.05, 3.63) is 33.8 Å². The summed E-state index contributed by atoms with van der Waals surface area (Å²) in [5.41, 5.74) is 0.323. The Balaban J connectivity index is 3.10. The highest BCUT2D eigenvalue weighted by Crippen LogP contribution is 2.21. The number of ketones is 1. The van der Waals surface area contributed by atoms with Crippen molar-refractivity contribution >= 4 is 35.1 Å². The topological polar surface area (TPSA) is 30.0 Å². The van der Waals surface area contributed by atoms with Crippen LogP contribution in [0.5, 0.6) is 0 Å². The van der Waals surface area contributed by atoms with E-state index in [0.29, 0.717) is 5.56 Å². The second-order valence-electron chi connectivity index (χ2n) is 2.59. The molecule has 0 unspecified atom stereocenters. The Hall–Kier alpha value is -0.930. The van der Waals surface area contributed by atoms with Crippen LogP contribution in [0, 0.1) is 5.82 Å². The molecule has 0 saturated heterocycles. The number of carbonyl (C=O) groups excluding carboxylic acids is 1. The molecule has 0 radical (unpaired) electrons. The van der Waals surface area contributed by atoms with Gasteiger partial charge in [0.25, 0.3) is 0 Å². The van der Waals surface area contributed by atoms with E-state index in [4.69, 9.17) is 23.2 Å². The molecule has 1 aromatic rings. The third-order valence-electron chi connectivity index (χ3n) is 1.41. The molecule has 1 heterocycles. The smallest absolute Gasteiger partial charge is 0.166 e. The van der Waals surface area contributed by atoms with Gasteiger partial charge < -0.3 is 0 Å². The molecule has 0 saturated carbocycles. The zero-order valence-corrected chi connectivity index (χ0v) is 8.73. The Morgan fingerprint density at radius 3 is 2.71 bits per heavy atom. The first-order chi connectivity index (χ1) is 6.50. The lowest BCUT2D eigenvalue weighted by molar-refractivity contribution is -0.112. The minimum atomic E-state index is -0.667. The van der Waals surface area contributed by atoms with Gasteiger partial charge in [-0.2, -0.15) is 0 Å². The number of carbonyl (C=O) groups is 1. The Kier molecular flexibility index (Phi) is 3.61. The predicted octanol–water partition coefficient (Wildman–Crippen LogP) is 3.13. The quantitative estimate of drug-likeness (QED) is 0.581. The number of aromatic nitrogens is 1. The van der Waals surface area contributed by atoms with E-state index >= 15 is 0 Å². The fourth-order valence-electron chi connectivity index (χ4n) is 0.784. The molecule has 0 aliphatic carbocycles. The van der Waals surface area contributed by atoms with Gasteiger partial charge in [0, 0.05) is 5.56 Å². The molecule has 0 aromatic carbocycles. The summed E-state index contributed by atoms with van der Waals surface area (Å²) in [7, 11) is 0. The van der Waals surface area contributed by atoms with E-state index in [-0.39, 0.29) is 16.1 Å². The molecule has 0 aliphatic rings. The fraction of sp³-hybridized carbons (Fsp3) is 0.111. The number of halogens is 3. The van der Waals surface area contributed by atoms with Crippen molar-refractivity contribution < 1.29 is 9.18 Å². The number of nitrogens with zero attached hydrogens (tertiary/aromatic N) is 1. The maximum atomic E-state index is 12.9. The van der Waals surface area contributed by atoms with Crippen molar-refractivity contribution in [2.24, 2.45) is 0 Å². The maximum absolute atomic E-state index is 12.9. The summed E-state index contributed by atoms with van der Waals surface area (Å²) in [6, 6.07) is 1.12. The van der Waals surface area contributed by atoms with Crippen LogP contribution < -0.4 is 0 Å². The number of rotatable bonds is 2. The molecule has 5 heteroatoms. The standard InChI is InChI=1S/C9H6Cl2FNO/c1-5(14)2-3-6-4-7(12)9(11)13-8(6)10/h2-4H,1H3/b3-2+. The van der Waals surface area contributed by atoms with E-state index in [0.717, 1.165) is 6.07 Å². The van der Waals surface area contributed by atoms with Crippen LogP contribution in [0.1, 0.15) is 12.5 Å². The van der Waals surface area contributed by atoms with Crippen LogP contribution in [0.4, 0.5) is 4.39 Å². The first kappa shape index (κ1) is 11.1. The summed E-state index contributed by atoms with van der Waals surface area (Å²) in [4.78, 5) is 14.2. The van der Waals surface area contributed by atoms with E-state index in [1.54, 1.807) is 0 Å². The van der Waals surface area contributed by atoms with E-state index in [1.807, 2.05) is 0 Å². The van der Waals surface area contributed by atoms with Crippen LogP contribution >= 0.6 is 23.2 Å². The molecule has 2 nitrogen and oxygen atoms in total. The largest absolute Gasteiger partial charge is 0.295 e. The molecule has 1 rings (SSSR count). The third-order valence-corrected chi connectivity index (χ3v) is 1.98. The Labute approximate surface area is 90.4 Å². The fourth-order valence-corrected chi connectivity index (χ4v) is 1.17. The van der Waals surface area contributed by atoms with Crippen molar-refractivity contribution in [3.8, 4) is 0 Å². The van der Waals surface area contributed by atoms with Gasteiger partial charge in [0.05, 0.1) is 0 Å². The average Bonchev–Trinajstić information content (AvgIpc) is 2.09. The molecule has 0 bridgehead atoms. The van der Waals surface area contributed by atoms with Gasteiger partial charge in [0.1, 0.15) is 5.15 Å². The summed E-state index contributed by atoms with van der Waals surface area (Å²) in [6.07, 6.45) is 2.66. The van der Waals surface area contributed by atoms with Crippen molar-refractivity contribution in [3.63, 3.8) is 0 Å².